The van der Waals surface area contributed by atoms with Gasteiger partial charge >= 0.3 is 0 Å². The van der Waals surface area contributed by atoms with E-state index in [-0.39, 0.29) is 12.5 Å². The molecule has 1 amide bonds. The summed E-state index contributed by atoms with van der Waals surface area (Å²) in [6.45, 7) is 8.19. The molecule has 0 atom stereocenters. The third kappa shape index (κ3) is 6.86. The molecule has 0 aliphatic carbocycles. The Labute approximate surface area is 155 Å². The van der Waals surface area contributed by atoms with E-state index in [2.05, 4.69) is 5.32 Å². The zero-order chi connectivity index (χ0) is 18.8. The first kappa shape index (κ1) is 19.9. The van der Waals surface area contributed by atoms with E-state index < -0.39 is 0 Å². The number of rotatable bonds is 10. The van der Waals surface area contributed by atoms with Gasteiger partial charge in [0.25, 0.3) is 5.91 Å². The molecule has 0 saturated heterocycles. The molecule has 0 bridgehead atoms. The summed E-state index contributed by atoms with van der Waals surface area (Å²) < 4.78 is 16.4. The Kier molecular flexibility index (Phi) is 8.12. The van der Waals surface area contributed by atoms with Crippen LogP contribution in [-0.4, -0.2) is 32.3 Å². The Hall–Kier alpha value is -2.37. The SMILES string of the molecule is CCOCCOCc1cccc(NC(=O)COc2cc(C)ccc2C)c1. The molecule has 0 aliphatic heterocycles. The van der Waals surface area contributed by atoms with Crippen LogP contribution in [0.15, 0.2) is 42.5 Å². The van der Waals surface area contributed by atoms with Gasteiger partial charge < -0.3 is 19.5 Å². The highest BCUT2D eigenvalue weighted by Crippen LogP contribution is 2.19. The van der Waals surface area contributed by atoms with E-state index in [4.69, 9.17) is 14.2 Å². The smallest absolute Gasteiger partial charge is 0.262 e. The minimum Gasteiger partial charge on any atom is -0.483 e. The number of ether oxygens (including phenoxy) is 3. The number of carbonyl (C=O) groups is 1. The number of anilines is 1. The van der Waals surface area contributed by atoms with Gasteiger partial charge in [0.1, 0.15) is 5.75 Å². The number of aryl methyl sites for hydroxylation is 2. The average Bonchev–Trinajstić information content (AvgIpc) is 2.62. The van der Waals surface area contributed by atoms with Crippen molar-refractivity contribution in [2.24, 2.45) is 0 Å². The number of benzene rings is 2. The molecule has 2 aromatic rings. The van der Waals surface area contributed by atoms with Crippen molar-refractivity contribution in [3.63, 3.8) is 0 Å². The molecule has 1 N–H and O–H groups in total. The highest BCUT2D eigenvalue weighted by molar-refractivity contribution is 5.91. The second kappa shape index (κ2) is 10.6. The predicted octanol–water partition coefficient (Wildman–Crippen LogP) is 3.87. The van der Waals surface area contributed by atoms with Crippen molar-refractivity contribution in [3.05, 3.63) is 59.2 Å². The van der Waals surface area contributed by atoms with Gasteiger partial charge in [0.05, 0.1) is 19.8 Å². The van der Waals surface area contributed by atoms with Gasteiger partial charge in [0.2, 0.25) is 0 Å². The molecule has 140 valence electrons. The maximum Gasteiger partial charge on any atom is 0.262 e. The molecular weight excluding hydrogens is 330 g/mol. The van der Waals surface area contributed by atoms with Crippen molar-refractivity contribution in [1.29, 1.82) is 0 Å². The Morgan fingerprint density at radius 1 is 1.04 bits per heavy atom. The zero-order valence-electron chi connectivity index (χ0n) is 15.7. The van der Waals surface area contributed by atoms with Crippen LogP contribution in [0.3, 0.4) is 0 Å². The fourth-order valence-corrected chi connectivity index (χ4v) is 2.39. The quantitative estimate of drug-likeness (QED) is 0.656. The van der Waals surface area contributed by atoms with Crippen molar-refractivity contribution in [3.8, 4) is 5.75 Å². The number of carbonyl (C=O) groups excluding carboxylic acids is 1. The first-order chi connectivity index (χ1) is 12.6. The van der Waals surface area contributed by atoms with Crippen LogP contribution in [0.5, 0.6) is 5.75 Å². The van der Waals surface area contributed by atoms with E-state index in [9.17, 15) is 4.79 Å². The molecule has 0 fully saturated rings. The molecule has 0 saturated carbocycles. The minimum atomic E-state index is -0.194. The first-order valence-corrected chi connectivity index (χ1v) is 8.83. The van der Waals surface area contributed by atoms with Crippen LogP contribution in [0.1, 0.15) is 23.6 Å². The van der Waals surface area contributed by atoms with Gasteiger partial charge in [-0.1, -0.05) is 24.3 Å². The lowest BCUT2D eigenvalue weighted by atomic mass is 10.1. The summed E-state index contributed by atoms with van der Waals surface area (Å²) in [6.07, 6.45) is 0. The van der Waals surface area contributed by atoms with Crippen LogP contribution in [0.2, 0.25) is 0 Å². The molecule has 5 nitrogen and oxygen atoms in total. The third-order valence-electron chi connectivity index (χ3n) is 3.76. The largest absolute Gasteiger partial charge is 0.483 e. The van der Waals surface area contributed by atoms with Crippen LogP contribution >= 0.6 is 0 Å². The van der Waals surface area contributed by atoms with Gasteiger partial charge in [-0.3, -0.25) is 4.79 Å². The Balaban J connectivity index is 1.81. The van der Waals surface area contributed by atoms with Crippen molar-refractivity contribution in [2.75, 3.05) is 31.7 Å². The number of nitrogens with one attached hydrogen (secondary N) is 1. The van der Waals surface area contributed by atoms with Gasteiger partial charge in [0, 0.05) is 12.3 Å². The van der Waals surface area contributed by atoms with E-state index in [1.54, 1.807) is 0 Å². The summed E-state index contributed by atoms with van der Waals surface area (Å²) in [7, 11) is 0. The maximum absolute atomic E-state index is 12.1. The minimum absolute atomic E-state index is 0.0284. The summed E-state index contributed by atoms with van der Waals surface area (Å²) in [6, 6.07) is 13.5. The van der Waals surface area contributed by atoms with Crippen LogP contribution in [0, 0.1) is 13.8 Å². The molecular formula is C21H27NO4. The van der Waals surface area contributed by atoms with Gasteiger partial charge in [-0.05, 0) is 55.7 Å². The Morgan fingerprint density at radius 3 is 2.65 bits per heavy atom. The van der Waals surface area contributed by atoms with Crippen molar-refractivity contribution in [2.45, 2.75) is 27.4 Å². The lowest BCUT2D eigenvalue weighted by molar-refractivity contribution is -0.118. The van der Waals surface area contributed by atoms with Crippen LogP contribution in [0.25, 0.3) is 0 Å². The fourth-order valence-electron chi connectivity index (χ4n) is 2.39. The second-order valence-corrected chi connectivity index (χ2v) is 6.06. The summed E-state index contributed by atoms with van der Waals surface area (Å²) in [5.74, 6) is 0.539. The predicted molar refractivity (Wildman–Crippen MR) is 103 cm³/mol. The zero-order valence-corrected chi connectivity index (χ0v) is 15.7. The topological polar surface area (TPSA) is 56.8 Å². The molecule has 2 rings (SSSR count). The molecule has 0 unspecified atom stereocenters. The van der Waals surface area contributed by atoms with E-state index >= 15 is 0 Å². The fraction of sp³-hybridized carbons (Fsp3) is 0.381. The van der Waals surface area contributed by atoms with E-state index in [0.29, 0.717) is 26.4 Å². The second-order valence-electron chi connectivity index (χ2n) is 6.06. The molecule has 0 aromatic heterocycles. The lowest BCUT2D eigenvalue weighted by Gasteiger charge is -2.11. The summed E-state index contributed by atoms with van der Waals surface area (Å²) in [5.41, 5.74) is 3.83. The highest BCUT2D eigenvalue weighted by atomic mass is 16.5. The number of hydrogen-bond acceptors (Lipinski definition) is 4. The molecule has 2 aromatic carbocycles. The monoisotopic (exact) mass is 357 g/mol. The van der Waals surface area contributed by atoms with Crippen LogP contribution < -0.4 is 10.1 Å². The first-order valence-electron chi connectivity index (χ1n) is 8.83. The van der Waals surface area contributed by atoms with Gasteiger partial charge in [-0.2, -0.15) is 0 Å². The molecule has 0 radical (unpaired) electrons. The molecule has 26 heavy (non-hydrogen) atoms. The molecule has 0 heterocycles. The van der Waals surface area contributed by atoms with Gasteiger partial charge in [-0.15, -0.1) is 0 Å². The standard InChI is InChI=1S/C21H27NO4/c1-4-24-10-11-25-14-18-6-5-7-19(13-18)22-21(23)15-26-20-12-16(2)8-9-17(20)3/h5-9,12-13H,4,10-11,14-15H2,1-3H3,(H,22,23). The van der Waals surface area contributed by atoms with Crippen molar-refractivity contribution >= 4 is 11.6 Å². The van der Waals surface area contributed by atoms with Gasteiger partial charge in [-0.25, -0.2) is 0 Å². The molecule has 5 heteroatoms. The van der Waals surface area contributed by atoms with E-state index in [1.807, 2.05) is 63.2 Å². The van der Waals surface area contributed by atoms with Crippen molar-refractivity contribution < 1.29 is 19.0 Å². The van der Waals surface area contributed by atoms with Gasteiger partial charge in [0.15, 0.2) is 6.61 Å². The molecule has 0 aliphatic rings. The van der Waals surface area contributed by atoms with E-state index in [0.717, 1.165) is 28.1 Å². The maximum atomic E-state index is 12.1. The summed E-state index contributed by atoms with van der Waals surface area (Å²) in [5, 5.41) is 2.85. The normalized spacial score (nSPS) is 10.6. The van der Waals surface area contributed by atoms with E-state index in [1.165, 1.54) is 0 Å². The Morgan fingerprint density at radius 2 is 1.85 bits per heavy atom. The number of hydrogen-bond donors (Lipinski definition) is 1. The average molecular weight is 357 g/mol. The lowest BCUT2D eigenvalue weighted by Crippen LogP contribution is -2.20. The molecule has 0 spiro atoms. The third-order valence-corrected chi connectivity index (χ3v) is 3.76. The van der Waals surface area contributed by atoms with Crippen LogP contribution in [0.4, 0.5) is 5.69 Å². The number of amides is 1. The Bertz CT molecular complexity index is 715. The summed E-state index contributed by atoms with van der Waals surface area (Å²) >= 11 is 0. The summed E-state index contributed by atoms with van der Waals surface area (Å²) in [4.78, 5) is 12.1. The highest BCUT2D eigenvalue weighted by Gasteiger charge is 2.06. The van der Waals surface area contributed by atoms with Crippen LogP contribution in [-0.2, 0) is 20.9 Å². The van der Waals surface area contributed by atoms with Crippen molar-refractivity contribution in [1.82, 2.24) is 0 Å².